The number of carbonyl (C=O) groups excluding carboxylic acids is 1. The minimum absolute atomic E-state index is 0.0319. The summed E-state index contributed by atoms with van der Waals surface area (Å²) < 4.78 is 5.20. The van der Waals surface area contributed by atoms with Crippen LogP contribution in [0.4, 0.5) is 11.4 Å². The van der Waals surface area contributed by atoms with Crippen LogP contribution in [-0.2, 0) is 4.79 Å². The molecule has 6 heteroatoms. The van der Waals surface area contributed by atoms with E-state index >= 15 is 0 Å². The predicted molar refractivity (Wildman–Crippen MR) is 105 cm³/mol. The quantitative estimate of drug-likeness (QED) is 0.842. The zero-order valence-corrected chi connectivity index (χ0v) is 15.9. The van der Waals surface area contributed by atoms with E-state index in [1.807, 2.05) is 49.4 Å². The maximum absolute atomic E-state index is 12.6. The Balaban J connectivity index is 1.55. The molecule has 2 aromatic rings. The molecule has 1 atom stereocenters. The van der Waals surface area contributed by atoms with E-state index in [0.29, 0.717) is 0 Å². The number of amides is 1. The standard InChI is InChI=1S/C20H24ClN3O2/c1-15(20(25)22-17-6-4-8-19(14-17)26-2)23-9-11-24(12-10-23)18-7-3-5-16(21)13-18/h3-8,13-15H,9-12H2,1-2H3,(H,22,25)/p+1/t15-/m0/s1. The second-order valence-electron chi connectivity index (χ2n) is 6.57. The first-order chi connectivity index (χ1) is 12.6. The summed E-state index contributed by atoms with van der Waals surface area (Å²) in [7, 11) is 1.62. The van der Waals surface area contributed by atoms with Gasteiger partial charge >= 0.3 is 0 Å². The van der Waals surface area contributed by atoms with Crippen LogP contribution in [-0.4, -0.2) is 45.2 Å². The van der Waals surface area contributed by atoms with Crippen molar-refractivity contribution in [2.75, 3.05) is 43.5 Å². The first-order valence-electron chi connectivity index (χ1n) is 8.87. The third-order valence-corrected chi connectivity index (χ3v) is 5.16. The molecule has 0 aliphatic carbocycles. The Labute approximate surface area is 159 Å². The third kappa shape index (κ3) is 4.48. The smallest absolute Gasteiger partial charge is 0.282 e. The van der Waals surface area contributed by atoms with Crippen molar-refractivity contribution in [3.8, 4) is 5.75 Å². The van der Waals surface area contributed by atoms with Crippen molar-refractivity contribution in [2.24, 2.45) is 0 Å². The summed E-state index contributed by atoms with van der Waals surface area (Å²) in [6.45, 7) is 5.64. The van der Waals surface area contributed by atoms with Crippen molar-refractivity contribution in [2.45, 2.75) is 13.0 Å². The molecule has 26 heavy (non-hydrogen) atoms. The number of piperazine rings is 1. The summed E-state index contributed by atoms with van der Waals surface area (Å²) in [4.78, 5) is 16.2. The molecule has 0 bridgehead atoms. The highest BCUT2D eigenvalue weighted by Crippen LogP contribution is 2.19. The Morgan fingerprint density at radius 1 is 1.19 bits per heavy atom. The topological polar surface area (TPSA) is 46.0 Å². The lowest BCUT2D eigenvalue weighted by Gasteiger charge is -2.36. The lowest BCUT2D eigenvalue weighted by molar-refractivity contribution is -0.914. The van der Waals surface area contributed by atoms with Gasteiger partial charge in [-0.2, -0.15) is 0 Å². The van der Waals surface area contributed by atoms with Crippen LogP contribution < -0.4 is 19.9 Å². The third-order valence-electron chi connectivity index (χ3n) is 4.92. The van der Waals surface area contributed by atoms with Crippen LogP contribution in [0.5, 0.6) is 5.75 Å². The van der Waals surface area contributed by atoms with Crippen LogP contribution in [0.15, 0.2) is 48.5 Å². The van der Waals surface area contributed by atoms with Gasteiger partial charge in [0.1, 0.15) is 5.75 Å². The molecule has 1 heterocycles. The molecule has 0 unspecified atom stereocenters. The predicted octanol–water partition coefficient (Wildman–Crippen LogP) is 2.08. The number of nitrogens with zero attached hydrogens (tertiary/aromatic N) is 1. The van der Waals surface area contributed by atoms with E-state index in [1.165, 1.54) is 4.90 Å². The van der Waals surface area contributed by atoms with Gasteiger partial charge in [-0.05, 0) is 37.3 Å². The molecule has 138 valence electrons. The van der Waals surface area contributed by atoms with Crippen LogP contribution in [0.3, 0.4) is 0 Å². The van der Waals surface area contributed by atoms with Gasteiger partial charge in [0.15, 0.2) is 6.04 Å². The molecular formula is C20H25ClN3O2+. The maximum Gasteiger partial charge on any atom is 0.282 e. The first-order valence-corrected chi connectivity index (χ1v) is 9.24. The van der Waals surface area contributed by atoms with Crippen LogP contribution in [0.1, 0.15) is 6.92 Å². The lowest BCUT2D eigenvalue weighted by atomic mass is 10.2. The van der Waals surface area contributed by atoms with E-state index in [0.717, 1.165) is 48.3 Å². The molecule has 2 aromatic carbocycles. The van der Waals surface area contributed by atoms with E-state index in [4.69, 9.17) is 16.3 Å². The van der Waals surface area contributed by atoms with E-state index in [1.54, 1.807) is 7.11 Å². The van der Waals surface area contributed by atoms with Gasteiger partial charge in [-0.3, -0.25) is 4.79 Å². The second kappa shape index (κ2) is 8.43. The van der Waals surface area contributed by atoms with Gasteiger partial charge < -0.3 is 19.9 Å². The number of hydrogen-bond acceptors (Lipinski definition) is 3. The van der Waals surface area contributed by atoms with Crippen LogP contribution in [0.2, 0.25) is 5.02 Å². The van der Waals surface area contributed by atoms with Gasteiger partial charge in [-0.25, -0.2) is 0 Å². The zero-order chi connectivity index (χ0) is 18.5. The molecule has 1 aliphatic heterocycles. The highest BCUT2D eigenvalue weighted by Gasteiger charge is 2.29. The number of nitrogens with one attached hydrogen (secondary N) is 2. The summed E-state index contributed by atoms with van der Waals surface area (Å²) in [6, 6.07) is 15.3. The number of methoxy groups -OCH3 is 1. The van der Waals surface area contributed by atoms with Crippen molar-refractivity contribution < 1.29 is 14.4 Å². The fourth-order valence-corrected chi connectivity index (χ4v) is 3.48. The van der Waals surface area contributed by atoms with Crippen molar-refractivity contribution >= 4 is 28.9 Å². The Kier molecular flexibility index (Phi) is 6.01. The first kappa shape index (κ1) is 18.5. The zero-order valence-electron chi connectivity index (χ0n) is 15.2. The molecule has 1 fully saturated rings. The normalized spacial score (nSPS) is 16.2. The van der Waals surface area contributed by atoms with Crippen molar-refractivity contribution in [1.29, 1.82) is 0 Å². The second-order valence-corrected chi connectivity index (χ2v) is 7.00. The molecule has 5 nitrogen and oxygen atoms in total. The number of carbonyl (C=O) groups is 1. The van der Waals surface area contributed by atoms with E-state index in [9.17, 15) is 4.79 Å². The van der Waals surface area contributed by atoms with Gasteiger partial charge in [0.25, 0.3) is 5.91 Å². The van der Waals surface area contributed by atoms with Crippen molar-refractivity contribution in [1.82, 2.24) is 0 Å². The number of quaternary nitrogens is 1. The Hall–Kier alpha value is -2.24. The highest BCUT2D eigenvalue weighted by atomic mass is 35.5. The molecule has 3 rings (SSSR count). The minimum atomic E-state index is -0.109. The molecular weight excluding hydrogens is 350 g/mol. The average Bonchev–Trinajstić information content (AvgIpc) is 2.67. The Bertz CT molecular complexity index is 760. The average molecular weight is 375 g/mol. The SMILES string of the molecule is COc1cccc(NC(=O)[C@H](C)[NH+]2CCN(c3cccc(Cl)c3)CC2)c1. The van der Waals surface area contributed by atoms with E-state index in [2.05, 4.69) is 16.3 Å². The summed E-state index contributed by atoms with van der Waals surface area (Å²) in [5.74, 6) is 0.766. The van der Waals surface area contributed by atoms with E-state index in [-0.39, 0.29) is 11.9 Å². The monoisotopic (exact) mass is 374 g/mol. The number of hydrogen-bond donors (Lipinski definition) is 2. The number of halogens is 1. The van der Waals surface area contributed by atoms with Crippen LogP contribution in [0.25, 0.3) is 0 Å². The number of rotatable bonds is 5. The largest absolute Gasteiger partial charge is 0.497 e. The fraction of sp³-hybridized carbons (Fsp3) is 0.350. The molecule has 1 amide bonds. The molecule has 0 aromatic heterocycles. The van der Waals surface area contributed by atoms with Gasteiger partial charge in [0, 0.05) is 22.5 Å². The fourth-order valence-electron chi connectivity index (χ4n) is 3.29. The summed E-state index contributed by atoms with van der Waals surface area (Å²) >= 11 is 6.09. The molecule has 1 aliphatic rings. The van der Waals surface area contributed by atoms with Crippen LogP contribution >= 0.6 is 11.6 Å². The Morgan fingerprint density at radius 3 is 2.62 bits per heavy atom. The molecule has 0 radical (unpaired) electrons. The van der Waals surface area contributed by atoms with Gasteiger partial charge in [0.2, 0.25) is 0 Å². The van der Waals surface area contributed by atoms with E-state index < -0.39 is 0 Å². The highest BCUT2D eigenvalue weighted by molar-refractivity contribution is 6.30. The molecule has 1 saturated heterocycles. The van der Waals surface area contributed by atoms with Gasteiger partial charge in [-0.1, -0.05) is 23.7 Å². The van der Waals surface area contributed by atoms with Gasteiger partial charge in [-0.15, -0.1) is 0 Å². The van der Waals surface area contributed by atoms with Crippen molar-refractivity contribution in [3.63, 3.8) is 0 Å². The molecule has 2 N–H and O–H groups in total. The summed E-state index contributed by atoms with van der Waals surface area (Å²) in [5.41, 5.74) is 1.91. The maximum atomic E-state index is 12.6. The van der Waals surface area contributed by atoms with Gasteiger partial charge in [0.05, 0.1) is 33.3 Å². The summed E-state index contributed by atoms with van der Waals surface area (Å²) in [5, 5.41) is 3.75. The summed E-state index contributed by atoms with van der Waals surface area (Å²) in [6.07, 6.45) is 0. The minimum Gasteiger partial charge on any atom is -0.497 e. The molecule has 0 saturated carbocycles. The molecule has 0 spiro atoms. The number of benzene rings is 2. The number of ether oxygens (including phenoxy) is 1. The number of anilines is 2. The lowest BCUT2D eigenvalue weighted by Crippen LogP contribution is -3.19. The van der Waals surface area contributed by atoms with Crippen molar-refractivity contribution in [3.05, 3.63) is 53.6 Å². The van der Waals surface area contributed by atoms with Crippen LogP contribution in [0, 0.1) is 0 Å². The Morgan fingerprint density at radius 2 is 1.92 bits per heavy atom.